The van der Waals surface area contributed by atoms with Crippen molar-refractivity contribution in [2.45, 2.75) is 11.6 Å². The fourth-order valence-corrected chi connectivity index (χ4v) is 2.60. The summed E-state index contributed by atoms with van der Waals surface area (Å²) in [7, 11) is -2.05. The van der Waals surface area contributed by atoms with Crippen molar-refractivity contribution in [1.82, 2.24) is 14.3 Å². The van der Waals surface area contributed by atoms with Crippen LogP contribution in [0.3, 0.4) is 0 Å². The zero-order valence-corrected chi connectivity index (χ0v) is 10.7. The van der Waals surface area contributed by atoms with Crippen LogP contribution in [-0.2, 0) is 16.6 Å². The van der Waals surface area contributed by atoms with Gasteiger partial charge in [-0.2, -0.15) is 4.31 Å². The van der Waals surface area contributed by atoms with Gasteiger partial charge in [-0.05, 0) is 11.6 Å². The van der Waals surface area contributed by atoms with Crippen molar-refractivity contribution < 1.29 is 8.42 Å². The minimum absolute atomic E-state index is 0.0690. The number of nitrogens with one attached hydrogen (secondary N) is 1. The largest absolute Gasteiger partial charge is 0.398 e. The summed E-state index contributed by atoms with van der Waals surface area (Å²) in [5.74, 6) is 0. The highest BCUT2D eigenvalue weighted by Gasteiger charge is 2.22. The lowest BCUT2D eigenvalue weighted by Gasteiger charge is -2.16. The number of hydrogen-bond acceptors (Lipinski definition) is 4. The Hall–Kier alpha value is -1.86. The number of imidazole rings is 1. The molecule has 96 valence electrons. The third kappa shape index (κ3) is 2.36. The van der Waals surface area contributed by atoms with E-state index in [0.29, 0.717) is 5.69 Å². The molecule has 7 heteroatoms. The first-order chi connectivity index (χ1) is 8.51. The van der Waals surface area contributed by atoms with Crippen molar-refractivity contribution in [3.63, 3.8) is 0 Å². The molecule has 1 aromatic carbocycles. The van der Waals surface area contributed by atoms with Crippen LogP contribution in [-0.4, -0.2) is 29.7 Å². The van der Waals surface area contributed by atoms with Crippen LogP contribution in [0.15, 0.2) is 41.8 Å². The summed E-state index contributed by atoms with van der Waals surface area (Å²) in [6.07, 6.45) is 2.61. The summed E-state index contributed by atoms with van der Waals surface area (Å²) in [6.45, 7) is 0.216. The predicted molar refractivity (Wildman–Crippen MR) is 68.1 cm³/mol. The van der Waals surface area contributed by atoms with E-state index in [1.807, 2.05) is 12.1 Å². The molecule has 0 saturated heterocycles. The van der Waals surface area contributed by atoms with Crippen LogP contribution in [0.5, 0.6) is 0 Å². The zero-order valence-electron chi connectivity index (χ0n) is 9.87. The van der Waals surface area contributed by atoms with E-state index in [2.05, 4.69) is 9.97 Å². The second-order valence-electron chi connectivity index (χ2n) is 3.88. The molecule has 0 radical (unpaired) electrons. The molecule has 6 nitrogen and oxygen atoms in total. The lowest BCUT2D eigenvalue weighted by molar-refractivity contribution is 0.465. The number of para-hydroxylation sites is 1. The highest BCUT2D eigenvalue weighted by molar-refractivity contribution is 7.89. The van der Waals surface area contributed by atoms with Crippen LogP contribution in [0.1, 0.15) is 5.56 Å². The third-order valence-corrected chi connectivity index (χ3v) is 4.34. The minimum Gasteiger partial charge on any atom is -0.398 e. The minimum atomic E-state index is -3.55. The lowest BCUT2D eigenvalue weighted by atomic mass is 10.2. The van der Waals surface area contributed by atoms with Crippen LogP contribution < -0.4 is 5.73 Å². The summed E-state index contributed by atoms with van der Waals surface area (Å²) in [5, 5.41) is 0.0690. The van der Waals surface area contributed by atoms with Crippen LogP contribution in [0.2, 0.25) is 0 Å². The molecule has 0 atom stereocenters. The van der Waals surface area contributed by atoms with Gasteiger partial charge in [0.1, 0.15) is 0 Å². The number of benzene rings is 1. The number of rotatable bonds is 4. The van der Waals surface area contributed by atoms with Gasteiger partial charge in [0.25, 0.3) is 10.0 Å². The Labute approximate surface area is 106 Å². The van der Waals surface area contributed by atoms with E-state index in [0.717, 1.165) is 5.56 Å². The molecule has 0 aliphatic carbocycles. The van der Waals surface area contributed by atoms with Crippen molar-refractivity contribution in [1.29, 1.82) is 0 Å². The van der Waals surface area contributed by atoms with Gasteiger partial charge in [-0.1, -0.05) is 18.2 Å². The predicted octanol–water partition coefficient (Wildman–Crippen LogP) is 0.813. The molecule has 2 aromatic rings. The summed E-state index contributed by atoms with van der Waals surface area (Å²) < 4.78 is 25.5. The quantitative estimate of drug-likeness (QED) is 0.801. The van der Waals surface area contributed by atoms with E-state index in [1.165, 1.54) is 23.9 Å². The summed E-state index contributed by atoms with van der Waals surface area (Å²) in [6, 6.07) is 7.17. The first-order valence-corrected chi connectivity index (χ1v) is 6.74. The van der Waals surface area contributed by atoms with Crippen LogP contribution in [0, 0.1) is 0 Å². The average Bonchev–Trinajstić information content (AvgIpc) is 2.86. The first-order valence-electron chi connectivity index (χ1n) is 5.30. The van der Waals surface area contributed by atoms with Gasteiger partial charge >= 0.3 is 0 Å². The van der Waals surface area contributed by atoms with Gasteiger partial charge in [-0.25, -0.2) is 13.4 Å². The van der Waals surface area contributed by atoms with Gasteiger partial charge in [0.15, 0.2) is 5.03 Å². The van der Waals surface area contributed by atoms with Crippen molar-refractivity contribution in [2.24, 2.45) is 0 Å². The van der Waals surface area contributed by atoms with Crippen molar-refractivity contribution in [3.8, 4) is 0 Å². The number of sulfonamides is 1. The van der Waals surface area contributed by atoms with Gasteiger partial charge in [-0.3, -0.25) is 0 Å². The fraction of sp³-hybridized carbons (Fsp3) is 0.182. The second kappa shape index (κ2) is 4.79. The molecule has 1 aromatic heterocycles. The lowest BCUT2D eigenvalue weighted by Crippen LogP contribution is -2.27. The maximum atomic E-state index is 12.1. The maximum Gasteiger partial charge on any atom is 0.260 e. The van der Waals surface area contributed by atoms with Crippen molar-refractivity contribution in [3.05, 3.63) is 42.4 Å². The number of H-pyrrole nitrogens is 1. The van der Waals surface area contributed by atoms with Crippen LogP contribution in [0.25, 0.3) is 0 Å². The molecule has 0 bridgehead atoms. The molecule has 0 amide bonds. The molecule has 0 unspecified atom stereocenters. The van der Waals surface area contributed by atoms with Gasteiger partial charge in [-0.15, -0.1) is 0 Å². The monoisotopic (exact) mass is 266 g/mol. The molecular formula is C11H14N4O2S. The Kier molecular flexibility index (Phi) is 3.35. The number of aromatic nitrogens is 2. The van der Waals surface area contributed by atoms with Crippen LogP contribution in [0.4, 0.5) is 5.69 Å². The average molecular weight is 266 g/mol. The summed E-state index contributed by atoms with van der Waals surface area (Å²) >= 11 is 0. The second-order valence-corrected chi connectivity index (χ2v) is 5.89. The zero-order chi connectivity index (χ0) is 13.2. The van der Waals surface area contributed by atoms with Gasteiger partial charge < -0.3 is 10.7 Å². The van der Waals surface area contributed by atoms with Crippen molar-refractivity contribution >= 4 is 15.7 Å². The molecule has 0 aliphatic heterocycles. The Morgan fingerprint density at radius 2 is 2.11 bits per heavy atom. The smallest absolute Gasteiger partial charge is 0.260 e. The standard InChI is InChI=1S/C11H14N4O2S/c1-15(7-9-4-2-3-5-10(9)12)18(16,17)11-6-13-8-14-11/h2-6,8H,7,12H2,1H3,(H,13,14). The Bertz CT molecular complexity index is 622. The summed E-state index contributed by atoms with van der Waals surface area (Å²) in [4.78, 5) is 6.30. The molecule has 3 N–H and O–H groups in total. The summed E-state index contributed by atoms with van der Waals surface area (Å²) in [5.41, 5.74) is 7.13. The SMILES string of the molecule is CN(Cc1ccccc1N)S(=O)(=O)c1cnc[nH]1. The molecule has 1 heterocycles. The molecule has 0 aliphatic rings. The number of nitrogens with two attached hydrogens (primary N) is 1. The maximum absolute atomic E-state index is 12.1. The molecule has 0 saturated carbocycles. The topological polar surface area (TPSA) is 92.1 Å². The highest BCUT2D eigenvalue weighted by Crippen LogP contribution is 2.17. The van der Waals surface area contributed by atoms with E-state index in [9.17, 15) is 8.42 Å². The third-order valence-electron chi connectivity index (χ3n) is 2.61. The molecule has 18 heavy (non-hydrogen) atoms. The molecular weight excluding hydrogens is 252 g/mol. The van der Waals surface area contributed by atoms with Gasteiger partial charge in [0.2, 0.25) is 0 Å². The Morgan fingerprint density at radius 3 is 2.72 bits per heavy atom. The Morgan fingerprint density at radius 1 is 1.39 bits per heavy atom. The number of anilines is 1. The van der Waals surface area contributed by atoms with E-state index in [1.54, 1.807) is 12.1 Å². The molecule has 0 fully saturated rings. The van der Waals surface area contributed by atoms with Crippen LogP contribution >= 0.6 is 0 Å². The van der Waals surface area contributed by atoms with Crippen molar-refractivity contribution in [2.75, 3.05) is 12.8 Å². The molecule has 2 rings (SSSR count). The van der Waals surface area contributed by atoms with Gasteiger partial charge in [0, 0.05) is 19.3 Å². The highest BCUT2D eigenvalue weighted by atomic mass is 32.2. The van der Waals surface area contributed by atoms with E-state index in [-0.39, 0.29) is 11.6 Å². The first kappa shape index (κ1) is 12.6. The van der Waals surface area contributed by atoms with E-state index in [4.69, 9.17) is 5.73 Å². The normalized spacial score (nSPS) is 11.9. The van der Waals surface area contributed by atoms with E-state index < -0.39 is 10.0 Å². The van der Waals surface area contributed by atoms with E-state index >= 15 is 0 Å². The number of nitrogen functional groups attached to an aromatic ring is 1. The number of hydrogen-bond donors (Lipinski definition) is 2. The molecule has 0 spiro atoms. The number of aromatic amines is 1. The fourth-order valence-electron chi connectivity index (χ4n) is 1.56. The van der Waals surface area contributed by atoms with Gasteiger partial charge in [0.05, 0.1) is 12.5 Å². The Balaban J connectivity index is 2.24. The number of nitrogens with zero attached hydrogens (tertiary/aromatic N) is 2.